The minimum absolute atomic E-state index is 0.115. The number of carbonyl (C=O) groups excluding carboxylic acids is 1. The molecule has 25 heavy (non-hydrogen) atoms. The smallest absolute Gasteiger partial charge is 0.221 e. The number of benzene rings is 1. The molecule has 2 aromatic rings. The van der Waals surface area contributed by atoms with Crippen molar-refractivity contribution in [3.63, 3.8) is 0 Å². The Morgan fingerprint density at radius 1 is 1.08 bits per heavy atom. The van der Waals surface area contributed by atoms with Crippen LogP contribution in [0.3, 0.4) is 0 Å². The van der Waals surface area contributed by atoms with Gasteiger partial charge in [0, 0.05) is 38.4 Å². The van der Waals surface area contributed by atoms with Gasteiger partial charge in [-0.1, -0.05) is 29.8 Å². The largest absolute Gasteiger partial charge is 0.352 e. The summed E-state index contributed by atoms with van der Waals surface area (Å²) in [7, 11) is -3.39. The molecule has 0 radical (unpaired) electrons. The zero-order valence-corrected chi connectivity index (χ0v) is 15.3. The number of amides is 1. The Bertz CT molecular complexity index is 790. The van der Waals surface area contributed by atoms with Gasteiger partial charge in [-0.05, 0) is 30.2 Å². The molecule has 1 N–H and O–H groups in total. The lowest BCUT2D eigenvalue weighted by Crippen LogP contribution is -2.34. The number of hydrogen-bond donors (Lipinski definition) is 1. The van der Waals surface area contributed by atoms with Crippen LogP contribution in [0.25, 0.3) is 0 Å². The van der Waals surface area contributed by atoms with Gasteiger partial charge >= 0.3 is 0 Å². The van der Waals surface area contributed by atoms with E-state index in [9.17, 15) is 13.2 Å². The highest BCUT2D eigenvalue weighted by molar-refractivity contribution is 7.88. The molecule has 0 saturated heterocycles. The van der Waals surface area contributed by atoms with Crippen LogP contribution in [0.2, 0.25) is 0 Å². The number of hydrogen-bond acceptors (Lipinski definition) is 4. The summed E-state index contributed by atoms with van der Waals surface area (Å²) in [6.07, 6.45) is 4.60. The average molecular weight is 361 g/mol. The normalized spacial score (nSPS) is 11.5. The number of sulfonamides is 1. The molecule has 0 aliphatic carbocycles. The lowest BCUT2D eigenvalue weighted by molar-refractivity contribution is -0.121. The van der Waals surface area contributed by atoms with Gasteiger partial charge < -0.3 is 5.32 Å². The topological polar surface area (TPSA) is 79.4 Å². The summed E-state index contributed by atoms with van der Waals surface area (Å²) in [6, 6.07) is 11.3. The first-order chi connectivity index (χ1) is 11.8. The maximum atomic E-state index is 12.0. The molecular weight excluding hydrogens is 338 g/mol. The minimum Gasteiger partial charge on any atom is -0.352 e. The van der Waals surface area contributed by atoms with Crippen molar-refractivity contribution in [1.82, 2.24) is 14.6 Å². The van der Waals surface area contributed by atoms with Crippen LogP contribution < -0.4 is 5.32 Å². The Balaban J connectivity index is 1.89. The van der Waals surface area contributed by atoms with E-state index in [4.69, 9.17) is 0 Å². The van der Waals surface area contributed by atoms with Gasteiger partial charge in [0.2, 0.25) is 15.9 Å². The quantitative estimate of drug-likeness (QED) is 0.778. The Kier molecular flexibility index (Phi) is 6.66. The molecule has 6 nitrogen and oxygen atoms in total. The second-order valence-corrected chi connectivity index (χ2v) is 7.95. The molecule has 1 aromatic carbocycles. The average Bonchev–Trinajstić information content (AvgIpc) is 2.58. The molecule has 2 rings (SSSR count). The molecular formula is C18H23N3O3S. The summed E-state index contributed by atoms with van der Waals surface area (Å²) in [6.45, 7) is 2.79. The van der Waals surface area contributed by atoms with Crippen molar-refractivity contribution in [3.05, 3.63) is 65.5 Å². The zero-order valence-electron chi connectivity index (χ0n) is 14.5. The molecule has 7 heteroatoms. The fraction of sp³-hybridized carbons (Fsp3) is 0.333. The van der Waals surface area contributed by atoms with Crippen molar-refractivity contribution in [3.8, 4) is 0 Å². The number of nitrogens with zero attached hydrogens (tertiary/aromatic N) is 2. The van der Waals surface area contributed by atoms with Gasteiger partial charge in [-0.2, -0.15) is 4.31 Å². The predicted octanol–water partition coefficient (Wildman–Crippen LogP) is 1.86. The fourth-order valence-electron chi connectivity index (χ4n) is 2.28. The van der Waals surface area contributed by atoms with Gasteiger partial charge in [0.05, 0.1) is 6.26 Å². The van der Waals surface area contributed by atoms with E-state index in [2.05, 4.69) is 10.3 Å². The van der Waals surface area contributed by atoms with Crippen LogP contribution in [0.15, 0.2) is 48.8 Å². The van der Waals surface area contributed by atoms with E-state index in [1.807, 2.05) is 43.3 Å². The van der Waals surface area contributed by atoms with Gasteiger partial charge in [-0.25, -0.2) is 8.42 Å². The van der Waals surface area contributed by atoms with Crippen LogP contribution in [0, 0.1) is 6.92 Å². The molecule has 0 bridgehead atoms. The molecule has 1 heterocycles. The highest BCUT2D eigenvalue weighted by Crippen LogP contribution is 2.10. The van der Waals surface area contributed by atoms with Gasteiger partial charge in [0.25, 0.3) is 0 Å². The molecule has 1 amide bonds. The van der Waals surface area contributed by atoms with Gasteiger partial charge in [0.15, 0.2) is 0 Å². The Labute approximate surface area is 148 Å². The number of nitrogens with one attached hydrogen (secondary N) is 1. The zero-order chi connectivity index (χ0) is 18.3. The van der Waals surface area contributed by atoms with Crippen molar-refractivity contribution in [2.45, 2.75) is 26.4 Å². The Morgan fingerprint density at radius 2 is 1.72 bits per heavy atom. The van der Waals surface area contributed by atoms with E-state index in [1.54, 1.807) is 12.4 Å². The first-order valence-corrected chi connectivity index (χ1v) is 9.86. The van der Waals surface area contributed by atoms with Crippen LogP contribution in [-0.2, 0) is 27.9 Å². The van der Waals surface area contributed by atoms with Crippen molar-refractivity contribution in [2.75, 3.05) is 12.8 Å². The molecule has 0 atom stereocenters. The second kappa shape index (κ2) is 8.73. The third-order valence-electron chi connectivity index (χ3n) is 3.78. The lowest BCUT2D eigenvalue weighted by Gasteiger charge is -2.20. The van der Waals surface area contributed by atoms with E-state index < -0.39 is 10.0 Å². The Morgan fingerprint density at radius 3 is 2.32 bits per heavy atom. The maximum absolute atomic E-state index is 12.0. The minimum atomic E-state index is -3.39. The van der Waals surface area contributed by atoms with Gasteiger partial charge in [-0.15, -0.1) is 0 Å². The molecule has 1 aromatic heterocycles. The summed E-state index contributed by atoms with van der Waals surface area (Å²) in [5.74, 6) is -0.186. The number of rotatable bonds is 8. The third-order valence-corrected chi connectivity index (χ3v) is 5.03. The number of pyridine rings is 1. The van der Waals surface area contributed by atoms with Crippen LogP contribution in [0.1, 0.15) is 23.1 Å². The SMILES string of the molecule is Cc1ccc(CN(CCC(=O)NCc2ccncc2)S(C)(=O)=O)cc1. The first kappa shape index (κ1) is 19.1. The van der Waals surface area contributed by atoms with E-state index in [-0.39, 0.29) is 25.4 Å². The van der Waals surface area contributed by atoms with Crippen molar-refractivity contribution < 1.29 is 13.2 Å². The summed E-state index contributed by atoms with van der Waals surface area (Å²) >= 11 is 0. The summed E-state index contributed by atoms with van der Waals surface area (Å²) < 4.78 is 25.3. The molecule has 0 fully saturated rings. The summed E-state index contributed by atoms with van der Waals surface area (Å²) in [4.78, 5) is 15.9. The van der Waals surface area contributed by atoms with E-state index >= 15 is 0 Å². The second-order valence-electron chi connectivity index (χ2n) is 5.96. The Hall–Kier alpha value is -2.25. The van der Waals surface area contributed by atoms with Crippen molar-refractivity contribution >= 4 is 15.9 Å². The van der Waals surface area contributed by atoms with Gasteiger partial charge in [0.1, 0.15) is 0 Å². The standard InChI is InChI=1S/C18H23N3O3S/c1-15-3-5-17(6-4-15)14-21(25(2,23)24)12-9-18(22)20-13-16-7-10-19-11-8-16/h3-8,10-11H,9,12-14H2,1-2H3,(H,20,22). The number of aromatic nitrogens is 1. The monoisotopic (exact) mass is 361 g/mol. The van der Waals surface area contributed by atoms with Gasteiger partial charge in [-0.3, -0.25) is 9.78 Å². The van der Waals surface area contributed by atoms with E-state index in [1.165, 1.54) is 4.31 Å². The van der Waals surface area contributed by atoms with Crippen LogP contribution in [-0.4, -0.2) is 36.4 Å². The first-order valence-electron chi connectivity index (χ1n) is 8.01. The number of aryl methyl sites for hydroxylation is 1. The third kappa shape index (κ3) is 6.64. The summed E-state index contributed by atoms with van der Waals surface area (Å²) in [5, 5.41) is 2.79. The highest BCUT2D eigenvalue weighted by Gasteiger charge is 2.18. The molecule has 0 spiro atoms. The molecule has 134 valence electrons. The van der Waals surface area contributed by atoms with Crippen molar-refractivity contribution in [1.29, 1.82) is 0 Å². The highest BCUT2D eigenvalue weighted by atomic mass is 32.2. The van der Waals surface area contributed by atoms with E-state index in [0.717, 1.165) is 22.9 Å². The van der Waals surface area contributed by atoms with Crippen LogP contribution in [0.5, 0.6) is 0 Å². The van der Waals surface area contributed by atoms with Crippen LogP contribution in [0.4, 0.5) is 0 Å². The van der Waals surface area contributed by atoms with Crippen LogP contribution >= 0.6 is 0 Å². The molecule has 0 aliphatic heterocycles. The molecule has 0 saturated carbocycles. The molecule has 0 unspecified atom stereocenters. The van der Waals surface area contributed by atoms with Crippen molar-refractivity contribution in [2.24, 2.45) is 0 Å². The molecule has 0 aliphatic rings. The summed E-state index contributed by atoms with van der Waals surface area (Å²) in [5.41, 5.74) is 2.96. The fourth-order valence-corrected chi connectivity index (χ4v) is 3.08. The number of carbonyl (C=O) groups is 1. The lowest BCUT2D eigenvalue weighted by atomic mass is 10.1. The predicted molar refractivity (Wildman–Crippen MR) is 97.1 cm³/mol. The van der Waals surface area contributed by atoms with E-state index in [0.29, 0.717) is 6.54 Å². The maximum Gasteiger partial charge on any atom is 0.221 e.